The van der Waals surface area contributed by atoms with Gasteiger partial charge < -0.3 is 14.9 Å². The molecule has 1 heterocycles. The average Bonchev–Trinajstić information content (AvgIpc) is 2.91. The van der Waals surface area contributed by atoms with E-state index in [1.165, 1.54) is 25.3 Å². The Kier molecular flexibility index (Phi) is 5.18. The zero-order valence-electron chi connectivity index (χ0n) is 14.2. The molecular weight excluding hydrogens is 370 g/mol. The number of methoxy groups -OCH3 is 1. The van der Waals surface area contributed by atoms with Crippen molar-refractivity contribution in [3.63, 3.8) is 0 Å². The van der Waals surface area contributed by atoms with Gasteiger partial charge in [-0.2, -0.15) is 0 Å². The topological polar surface area (TPSA) is 104 Å². The SMILES string of the molecule is COc1cc(C=C2SC(=O)N(Cc3cccc(C(=O)O)c3)C2=O)ccc1O. The summed E-state index contributed by atoms with van der Waals surface area (Å²) in [6.07, 6.45) is 1.54. The second kappa shape index (κ2) is 7.55. The number of imide groups is 1. The van der Waals surface area contributed by atoms with Crippen LogP contribution in [0.1, 0.15) is 21.5 Å². The molecule has 27 heavy (non-hydrogen) atoms. The fourth-order valence-electron chi connectivity index (χ4n) is 2.56. The highest BCUT2D eigenvalue weighted by molar-refractivity contribution is 8.18. The molecule has 1 saturated heterocycles. The van der Waals surface area contributed by atoms with Crippen molar-refractivity contribution in [2.75, 3.05) is 7.11 Å². The van der Waals surface area contributed by atoms with E-state index < -0.39 is 17.1 Å². The Bertz CT molecular complexity index is 968. The Labute approximate surface area is 158 Å². The molecule has 1 fully saturated rings. The minimum absolute atomic E-state index is 0.0119. The number of hydrogen-bond acceptors (Lipinski definition) is 6. The molecule has 1 aliphatic rings. The van der Waals surface area contributed by atoms with E-state index in [9.17, 15) is 19.5 Å². The van der Waals surface area contributed by atoms with E-state index >= 15 is 0 Å². The number of carboxylic acid groups (broad SMARTS) is 1. The summed E-state index contributed by atoms with van der Waals surface area (Å²) in [6.45, 7) is -0.0119. The number of phenols is 1. The molecule has 3 rings (SSSR count). The number of ether oxygens (including phenoxy) is 1. The quantitative estimate of drug-likeness (QED) is 0.761. The number of carbonyl (C=O) groups excluding carboxylic acids is 2. The number of hydrogen-bond donors (Lipinski definition) is 2. The molecule has 2 aromatic rings. The Balaban J connectivity index is 1.83. The van der Waals surface area contributed by atoms with Gasteiger partial charge >= 0.3 is 5.97 Å². The van der Waals surface area contributed by atoms with Gasteiger partial charge in [0, 0.05) is 0 Å². The molecule has 1 aliphatic heterocycles. The Morgan fingerprint density at radius 1 is 1.22 bits per heavy atom. The third kappa shape index (κ3) is 3.95. The van der Waals surface area contributed by atoms with Gasteiger partial charge in [-0.05, 0) is 53.2 Å². The zero-order chi connectivity index (χ0) is 19.6. The molecule has 0 aliphatic carbocycles. The number of carboxylic acids is 1. The first-order valence-electron chi connectivity index (χ1n) is 7.83. The second-order valence-corrected chi connectivity index (χ2v) is 6.70. The molecule has 0 unspecified atom stereocenters. The fourth-order valence-corrected chi connectivity index (χ4v) is 3.40. The van der Waals surface area contributed by atoms with E-state index in [0.29, 0.717) is 11.1 Å². The summed E-state index contributed by atoms with van der Waals surface area (Å²) in [6, 6.07) is 10.7. The van der Waals surface area contributed by atoms with E-state index in [1.807, 2.05) is 0 Å². The molecule has 0 aromatic heterocycles. The normalized spacial score (nSPS) is 15.4. The molecule has 8 heteroatoms. The van der Waals surface area contributed by atoms with Crippen LogP contribution in [-0.2, 0) is 11.3 Å². The van der Waals surface area contributed by atoms with Crippen LogP contribution in [0.5, 0.6) is 11.5 Å². The lowest BCUT2D eigenvalue weighted by molar-refractivity contribution is -0.123. The Morgan fingerprint density at radius 3 is 2.70 bits per heavy atom. The maximum Gasteiger partial charge on any atom is 0.335 e. The van der Waals surface area contributed by atoms with Crippen LogP contribution in [0.15, 0.2) is 47.4 Å². The van der Waals surface area contributed by atoms with Crippen molar-refractivity contribution in [1.29, 1.82) is 0 Å². The average molecular weight is 385 g/mol. The van der Waals surface area contributed by atoms with Gasteiger partial charge in [-0.25, -0.2) is 4.79 Å². The number of aromatic hydroxyl groups is 1. The van der Waals surface area contributed by atoms with Gasteiger partial charge in [0.15, 0.2) is 11.5 Å². The number of thioether (sulfide) groups is 1. The summed E-state index contributed by atoms with van der Waals surface area (Å²) < 4.78 is 5.03. The van der Waals surface area contributed by atoms with E-state index in [4.69, 9.17) is 9.84 Å². The van der Waals surface area contributed by atoms with Crippen molar-refractivity contribution in [3.8, 4) is 11.5 Å². The van der Waals surface area contributed by atoms with Gasteiger partial charge in [-0.3, -0.25) is 14.5 Å². The van der Waals surface area contributed by atoms with Crippen LogP contribution < -0.4 is 4.74 Å². The summed E-state index contributed by atoms with van der Waals surface area (Å²) in [4.78, 5) is 37.2. The Hall–Kier alpha value is -3.26. The van der Waals surface area contributed by atoms with E-state index in [1.54, 1.807) is 30.3 Å². The van der Waals surface area contributed by atoms with Gasteiger partial charge in [0.25, 0.3) is 11.1 Å². The largest absolute Gasteiger partial charge is 0.504 e. The first-order valence-corrected chi connectivity index (χ1v) is 8.65. The minimum atomic E-state index is -1.08. The van der Waals surface area contributed by atoms with Crippen molar-refractivity contribution in [2.45, 2.75) is 6.54 Å². The third-order valence-electron chi connectivity index (χ3n) is 3.89. The van der Waals surface area contributed by atoms with Crippen molar-refractivity contribution < 1.29 is 29.3 Å². The third-order valence-corrected chi connectivity index (χ3v) is 4.80. The van der Waals surface area contributed by atoms with Gasteiger partial charge in [0.2, 0.25) is 0 Å². The summed E-state index contributed by atoms with van der Waals surface area (Å²) in [7, 11) is 1.41. The number of benzene rings is 2. The highest BCUT2D eigenvalue weighted by Gasteiger charge is 2.35. The lowest BCUT2D eigenvalue weighted by atomic mass is 10.1. The number of nitrogens with zero attached hydrogens (tertiary/aromatic N) is 1. The number of amides is 2. The summed E-state index contributed by atoms with van der Waals surface area (Å²) in [5.41, 5.74) is 1.24. The van der Waals surface area contributed by atoms with Crippen molar-refractivity contribution in [2.24, 2.45) is 0 Å². The smallest absolute Gasteiger partial charge is 0.335 e. The summed E-state index contributed by atoms with van der Waals surface area (Å²) in [5, 5.41) is 18.3. The van der Waals surface area contributed by atoms with Gasteiger partial charge in [-0.15, -0.1) is 0 Å². The molecule has 7 nitrogen and oxygen atoms in total. The van der Waals surface area contributed by atoms with E-state index in [-0.39, 0.29) is 28.5 Å². The standard InChI is InChI=1S/C19H15NO6S/c1-26-15-8-11(5-6-14(15)21)9-16-17(22)20(19(25)27-16)10-12-3-2-4-13(7-12)18(23)24/h2-9,21H,10H2,1H3,(H,23,24). The van der Waals surface area contributed by atoms with Crippen molar-refractivity contribution in [3.05, 3.63) is 64.1 Å². The maximum absolute atomic E-state index is 12.6. The number of aromatic carboxylic acids is 1. The summed E-state index contributed by atoms with van der Waals surface area (Å²) >= 11 is 0.803. The monoisotopic (exact) mass is 385 g/mol. The van der Waals surface area contributed by atoms with Crippen LogP contribution in [0, 0.1) is 0 Å². The molecule has 138 valence electrons. The maximum atomic E-state index is 12.6. The van der Waals surface area contributed by atoms with Crippen LogP contribution in [0.2, 0.25) is 0 Å². The predicted octanol–water partition coefficient (Wildman–Crippen LogP) is 3.34. The summed E-state index contributed by atoms with van der Waals surface area (Å²) in [5.74, 6) is -1.31. The van der Waals surface area contributed by atoms with Crippen LogP contribution in [-0.4, -0.2) is 39.3 Å². The van der Waals surface area contributed by atoms with Crippen LogP contribution in [0.4, 0.5) is 4.79 Å². The fraction of sp³-hybridized carbons (Fsp3) is 0.105. The van der Waals surface area contributed by atoms with Crippen molar-refractivity contribution in [1.82, 2.24) is 4.90 Å². The molecule has 2 amide bonds. The number of rotatable bonds is 5. The minimum Gasteiger partial charge on any atom is -0.504 e. The first kappa shape index (κ1) is 18.5. The van der Waals surface area contributed by atoms with E-state index in [2.05, 4.69) is 0 Å². The van der Waals surface area contributed by atoms with E-state index in [0.717, 1.165) is 16.7 Å². The first-order chi connectivity index (χ1) is 12.9. The van der Waals surface area contributed by atoms with Crippen LogP contribution in [0.3, 0.4) is 0 Å². The highest BCUT2D eigenvalue weighted by Crippen LogP contribution is 2.35. The van der Waals surface area contributed by atoms with Gasteiger partial charge in [-0.1, -0.05) is 18.2 Å². The lowest BCUT2D eigenvalue weighted by Crippen LogP contribution is -2.27. The zero-order valence-corrected chi connectivity index (χ0v) is 15.0. The molecule has 0 radical (unpaired) electrons. The number of carbonyl (C=O) groups is 3. The lowest BCUT2D eigenvalue weighted by Gasteiger charge is -2.12. The second-order valence-electron chi connectivity index (χ2n) is 5.70. The van der Waals surface area contributed by atoms with Gasteiger partial charge in [0.1, 0.15) is 0 Å². The van der Waals surface area contributed by atoms with Crippen molar-refractivity contribution >= 4 is 35.0 Å². The molecular formula is C19H15NO6S. The predicted molar refractivity (Wildman–Crippen MR) is 99.6 cm³/mol. The van der Waals surface area contributed by atoms with Gasteiger partial charge in [0.05, 0.1) is 24.1 Å². The molecule has 0 saturated carbocycles. The number of phenolic OH excluding ortho intramolecular Hbond substituents is 1. The van der Waals surface area contributed by atoms with Crippen LogP contribution in [0.25, 0.3) is 6.08 Å². The molecule has 0 spiro atoms. The highest BCUT2D eigenvalue weighted by atomic mass is 32.2. The molecule has 2 N–H and O–H groups in total. The Morgan fingerprint density at radius 2 is 2.00 bits per heavy atom. The molecule has 0 bridgehead atoms. The van der Waals surface area contributed by atoms with Crippen LogP contribution >= 0.6 is 11.8 Å². The molecule has 0 atom stereocenters. The molecule has 2 aromatic carbocycles.